The summed E-state index contributed by atoms with van der Waals surface area (Å²) in [5.74, 6) is -2.26. The van der Waals surface area contributed by atoms with Gasteiger partial charge in [0.15, 0.2) is 0 Å². The molecule has 15 nitrogen and oxygen atoms in total. The van der Waals surface area contributed by atoms with Gasteiger partial charge >= 0.3 is 0 Å². The molecule has 0 radical (unpaired) electrons. The van der Waals surface area contributed by atoms with E-state index in [9.17, 15) is 19.2 Å². The molecule has 3 aromatic heterocycles. The molecule has 4 bridgehead atoms. The Bertz CT molecular complexity index is 2670. The number of imide groups is 1. The van der Waals surface area contributed by atoms with E-state index >= 15 is 8.78 Å². The molecule has 7 heterocycles. The van der Waals surface area contributed by atoms with Crippen LogP contribution in [0.2, 0.25) is 0 Å². The molecule has 2 N–H and O–H groups in total. The van der Waals surface area contributed by atoms with E-state index in [4.69, 9.17) is 14.7 Å². The Morgan fingerprint density at radius 3 is 2.35 bits per heavy atom. The Morgan fingerprint density at radius 2 is 1.59 bits per heavy atom. The van der Waals surface area contributed by atoms with Gasteiger partial charge in [-0.1, -0.05) is 0 Å². The van der Waals surface area contributed by atoms with Gasteiger partial charge in [-0.05, 0) is 107 Å². The number of anilines is 3. The van der Waals surface area contributed by atoms with Gasteiger partial charge in [-0.3, -0.25) is 34.8 Å². The summed E-state index contributed by atoms with van der Waals surface area (Å²) in [6, 6.07) is 12.1. The number of benzene rings is 2. The normalized spacial score (nSPS) is 22.3. The van der Waals surface area contributed by atoms with Gasteiger partial charge in [0.05, 0.1) is 47.1 Å². The summed E-state index contributed by atoms with van der Waals surface area (Å²) in [6.45, 7) is 7.39. The maximum atomic E-state index is 15.3. The standard InChI is InChI=1S/C46H50F2N10O5/c1-25-16-29-18-37(49-25)41-26(2)53-54(3)45(41)63-24-28-5-4-27(17-28)22-58-38-21-31(6-8-36(38)50-46(58)52-43(29)61)56-14-15-57(40(60)23-56)30-10-12-55(13-11-30)32-19-34(47)42(35(48)20-32)33-7-9-39(59)51-44(33)62/h6,8,16,18-21,27-28,30,33H,4-5,7,9-15,17,22-24H2,1-3H3,(H,50,52,61)(H,51,59,62)/t27-,28+,33-/m1/s1. The third kappa shape index (κ3) is 7.64. The number of hydrogen-bond donors (Lipinski definition) is 2. The molecule has 17 heteroatoms. The molecule has 0 spiro atoms. The molecule has 2 aromatic carbocycles. The van der Waals surface area contributed by atoms with E-state index in [1.807, 2.05) is 42.8 Å². The molecule has 5 aromatic rings. The zero-order chi connectivity index (χ0) is 43.7. The van der Waals surface area contributed by atoms with Gasteiger partial charge in [0.1, 0.15) is 11.6 Å². The minimum atomic E-state index is -1.05. The molecule has 3 atom stereocenters. The van der Waals surface area contributed by atoms with Crippen molar-refractivity contribution in [2.75, 3.05) is 54.4 Å². The Kier molecular flexibility index (Phi) is 10.4. The molecule has 328 valence electrons. The third-order valence-corrected chi connectivity index (χ3v) is 13.7. The second-order valence-corrected chi connectivity index (χ2v) is 17.9. The van der Waals surface area contributed by atoms with Gasteiger partial charge in [0.25, 0.3) is 5.91 Å². The first-order valence-corrected chi connectivity index (χ1v) is 22.0. The van der Waals surface area contributed by atoms with E-state index in [0.717, 1.165) is 47.2 Å². The van der Waals surface area contributed by atoms with Crippen molar-refractivity contribution in [3.05, 3.63) is 76.6 Å². The zero-order valence-electron chi connectivity index (χ0n) is 35.6. The number of aromatic nitrogens is 5. The molecule has 4 fully saturated rings. The number of nitrogens with one attached hydrogen (secondary N) is 2. The number of rotatable bonds is 4. The van der Waals surface area contributed by atoms with Crippen molar-refractivity contribution >= 4 is 52.0 Å². The molecule has 5 aliphatic rings. The van der Waals surface area contributed by atoms with Gasteiger partial charge < -0.3 is 24.0 Å². The molecule has 1 saturated carbocycles. The molecular formula is C46H50F2N10O5. The van der Waals surface area contributed by atoms with Crippen LogP contribution in [0.3, 0.4) is 0 Å². The monoisotopic (exact) mass is 860 g/mol. The SMILES string of the molecule is Cc1cc2cc(n1)-c1c(C)nn(C)c1OC[C@H]1CC[C@H](C1)Cn1c(nc3ccc(N4CCN(C5CCN(c6cc(F)c([C@H]7CCC(=O)NC7=O)c(F)c6)CC5)C(=O)C4)cc31)NC2=O. The summed E-state index contributed by atoms with van der Waals surface area (Å²) in [5, 5.41) is 9.95. The van der Waals surface area contributed by atoms with Crippen molar-refractivity contribution < 1.29 is 32.7 Å². The molecule has 1 aliphatic carbocycles. The quantitative estimate of drug-likeness (QED) is 0.217. The Balaban J connectivity index is 0.845. The number of halogens is 2. The second kappa shape index (κ2) is 16.1. The maximum absolute atomic E-state index is 15.3. The number of piperidine rings is 2. The number of fused-ring (bicyclic) bond motifs is 9. The molecule has 10 rings (SSSR count). The fourth-order valence-corrected chi connectivity index (χ4v) is 10.5. The summed E-state index contributed by atoms with van der Waals surface area (Å²) >= 11 is 0. The van der Waals surface area contributed by atoms with Gasteiger partial charge in [-0.15, -0.1) is 0 Å². The first-order chi connectivity index (χ1) is 30.4. The fraction of sp³-hybridized carbons (Fsp3) is 0.457. The van der Waals surface area contributed by atoms with Crippen LogP contribution in [0.5, 0.6) is 5.88 Å². The summed E-state index contributed by atoms with van der Waals surface area (Å²) in [4.78, 5) is 67.5. The average molecular weight is 861 g/mol. The molecular weight excluding hydrogens is 811 g/mol. The highest BCUT2D eigenvalue weighted by Gasteiger charge is 2.36. The maximum Gasteiger partial charge on any atom is 0.258 e. The lowest BCUT2D eigenvalue weighted by atomic mass is 9.89. The van der Waals surface area contributed by atoms with Crippen LogP contribution in [-0.2, 0) is 28.0 Å². The van der Waals surface area contributed by atoms with Gasteiger partial charge in [0.2, 0.25) is 29.5 Å². The van der Waals surface area contributed by atoms with Crippen molar-refractivity contribution in [3.63, 3.8) is 0 Å². The highest BCUT2D eigenvalue weighted by molar-refractivity contribution is 6.05. The van der Waals surface area contributed by atoms with Crippen molar-refractivity contribution in [2.45, 2.75) is 77.3 Å². The smallest absolute Gasteiger partial charge is 0.258 e. The molecule has 4 amide bonds. The van der Waals surface area contributed by atoms with E-state index in [1.165, 1.54) is 12.1 Å². The van der Waals surface area contributed by atoms with Gasteiger partial charge in [-0.2, -0.15) is 5.10 Å². The largest absolute Gasteiger partial charge is 0.477 e. The minimum Gasteiger partial charge on any atom is -0.477 e. The van der Waals surface area contributed by atoms with Crippen molar-refractivity contribution in [2.24, 2.45) is 18.9 Å². The van der Waals surface area contributed by atoms with Crippen LogP contribution in [-0.4, -0.2) is 98.2 Å². The molecule has 0 unspecified atom stereocenters. The van der Waals surface area contributed by atoms with E-state index in [0.29, 0.717) is 98.5 Å². The van der Waals surface area contributed by atoms with Crippen molar-refractivity contribution in [1.29, 1.82) is 0 Å². The molecule has 63 heavy (non-hydrogen) atoms. The fourth-order valence-electron chi connectivity index (χ4n) is 10.5. The lowest BCUT2D eigenvalue weighted by Crippen LogP contribution is -2.56. The molecule has 4 aliphatic heterocycles. The van der Waals surface area contributed by atoms with Crippen LogP contribution in [0.1, 0.15) is 78.2 Å². The van der Waals surface area contributed by atoms with Crippen LogP contribution < -0.4 is 25.2 Å². The van der Waals surface area contributed by atoms with Crippen LogP contribution in [0.15, 0.2) is 42.5 Å². The van der Waals surface area contributed by atoms with E-state index in [-0.39, 0.29) is 42.8 Å². The second-order valence-electron chi connectivity index (χ2n) is 17.9. The minimum absolute atomic E-state index is 0.0104. The third-order valence-electron chi connectivity index (χ3n) is 13.7. The van der Waals surface area contributed by atoms with E-state index < -0.39 is 29.4 Å². The van der Waals surface area contributed by atoms with Crippen LogP contribution in [0.25, 0.3) is 22.3 Å². The van der Waals surface area contributed by atoms with Gasteiger partial charge in [-0.25, -0.2) is 18.4 Å². The van der Waals surface area contributed by atoms with Crippen molar-refractivity contribution in [3.8, 4) is 17.1 Å². The highest BCUT2D eigenvalue weighted by atomic mass is 19.1. The average Bonchev–Trinajstić information content (AvgIpc) is 3.93. The lowest BCUT2D eigenvalue weighted by molar-refractivity contribution is -0.135. The van der Waals surface area contributed by atoms with Crippen LogP contribution in [0.4, 0.5) is 26.1 Å². The predicted molar refractivity (Wildman–Crippen MR) is 231 cm³/mol. The number of aryl methyl sites for hydroxylation is 3. The topological polar surface area (TPSA) is 160 Å². The molecule has 3 saturated heterocycles. The summed E-state index contributed by atoms with van der Waals surface area (Å²) in [5.41, 5.74) is 5.94. The number of imidazole rings is 1. The number of carbonyl (C=O) groups excluding carboxylic acids is 4. The first-order valence-electron chi connectivity index (χ1n) is 22.0. The Morgan fingerprint density at radius 1 is 0.810 bits per heavy atom. The van der Waals surface area contributed by atoms with E-state index in [2.05, 4.69) is 31.3 Å². The highest BCUT2D eigenvalue weighted by Crippen LogP contribution is 2.39. The number of hydrogen-bond acceptors (Lipinski definition) is 10. The number of ether oxygens (including phenoxy) is 1. The lowest BCUT2D eigenvalue weighted by Gasteiger charge is -2.43. The summed E-state index contributed by atoms with van der Waals surface area (Å²) < 4.78 is 41.0. The number of pyridine rings is 1. The number of nitrogens with zero attached hydrogens (tertiary/aromatic N) is 8. The van der Waals surface area contributed by atoms with E-state index in [1.54, 1.807) is 16.8 Å². The van der Waals surface area contributed by atoms with Crippen LogP contribution in [0, 0.1) is 37.3 Å². The summed E-state index contributed by atoms with van der Waals surface area (Å²) in [6.07, 6.45) is 4.36. The first kappa shape index (κ1) is 40.7. The zero-order valence-corrected chi connectivity index (χ0v) is 35.6. The van der Waals surface area contributed by atoms with Crippen molar-refractivity contribution in [1.82, 2.24) is 34.5 Å². The summed E-state index contributed by atoms with van der Waals surface area (Å²) in [7, 11) is 1.87. The Hall–Kier alpha value is -6.39. The number of amides is 4. The van der Waals surface area contributed by atoms with Crippen LogP contribution >= 0.6 is 0 Å². The Labute approximate surface area is 362 Å². The number of piperazine rings is 1. The predicted octanol–water partition coefficient (Wildman–Crippen LogP) is 5.63. The van der Waals surface area contributed by atoms with Gasteiger partial charge in [0, 0.05) is 80.4 Å². The number of carbonyl (C=O) groups is 4.